The highest BCUT2D eigenvalue weighted by Gasteiger charge is 2.44. The predicted octanol–water partition coefficient (Wildman–Crippen LogP) is 0.439. The van der Waals surface area contributed by atoms with Crippen LogP contribution in [-0.4, -0.2) is 67.8 Å². The molecule has 7 nitrogen and oxygen atoms in total. The number of sulfonamides is 1. The lowest BCUT2D eigenvalue weighted by atomic mass is 10.2. The Morgan fingerprint density at radius 1 is 1.38 bits per heavy atom. The molecule has 12 heteroatoms. The lowest BCUT2D eigenvalue weighted by molar-refractivity contribution is -0.182. The third-order valence-corrected chi connectivity index (χ3v) is 5.00. The Labute approximate surface area is 145 Å². The first-order chi connectivity index (χ1) is 10.7. The summed E-state index contributed by atoms with van der Waals surface area (Å²) < 4.78 is 67.4. The van der Waals surface area contributed by atoms with Gasteiger partial charge in [-0.3, -0.25) is 4.90 Å². The van der Waals surface area contributed by atoms with Gasteiger partial charge in [-0.1, -0.05) is 0 Å². The average Bonchev–Trinajstić information content (AvgIpc) is 2.97. The van der Waals surface area contributed by atoms with E-state index in [1.165, 1.54) is 22.0 Å². The van der Waals surface area contributed by atoms with Crippen LogP contribution < -0.4 is 10.0 Å². The SMILES string of the molecule is CCn1cnc(S(=O)(=O)NCC(N2CCNCC2)C(F)(F)F)c1.Cl. The number of rotatable bonds is 6. The van der Waals surface area contributed by atoms with E-state index in [1.807, 2.05) is 4.72 Å². The number of aryl methyl sites for hydroxylation is 1. The molecule has 1 unspecified atom stereocenters. The van der Waals surface area contributed by atoms with Gasteiger partial charge in [0.25, 0.3) is 10.0 Å². The number of nitrogens with zero attached hydrogens (tertiary/aromatic N) is 3. The number of aromatic nitrogens is 2. The van der Waals surface area contributed by atoms with Gasteiger partial charge in [0.1, 0.15) is 6.04 Å². The van der Waals surface area contributed by atoms with Gasteiger partial charge in [-0.05, 0) is 6.92 Å². The fourth-order valence-electron chi connectivity index (χ4n) is 2.36. The minimum atomic E-state index is -4.51. The average molecular weight is 392 g/mol. The number of halogens is 4. The molecule has 2 rings (SSSR count). The second kappa shape index (κ2) is 8.48. The smallest absolute Gasteiger partial charge is 0.336 e. The molecule has 1 aromatic rings. The summed E-state index contributed by atoms with van der Waals surface area (Å²) in [6.45, 7) is 2.92. The Morgan fingerprint density at radius 2 is 2.00 bits per heavy atom. The van der Waals surface area contributed by atoms with Crippen LogP contribution in [0.15, 0.2) is 17.6 Å². The van der Waals surface area contributed by atoms with Crippen LogP contribution in [0, 0.1) is 0 Å². The summed E-state index contributed by atoms with van der Waals surface area (Å²) in [6, 6.07) is -1.85. The topological polar surface area (TPSA) is 79.3 Å². The van der Waals surface area contributed by atoms with Gasteiger partial charge in [0.2, 0.25) is 0 Å². The molecule has 0 saturated carbocycles. The van der Waals surface area contributed by atoms with Crippen molar-refractivity contribution in [2.24, 2.45) is 0 Å². The van der Waals surface area contributed by atoms with E-state index < -0.39 is 28.8 Å². The highest BCUT2D eigenvalue weighted by Crippen LogP contribution is 2.25. The lowest BCUT2D eigenvalue weighted by Gasteiger charge is -2.35. The highest BCUT2D eigenvalue weighted by atomic mass is 35.5. The number of imidazole rings is 1. The van der Waals surface area contributed by atoms with E-state index in [4.69, 9.17) is 0 Å². The minimum absolute atomic E-state index is 0. The summed E-state index contributed by atoms with van der Waals surface area (Å²) in [5.74, 6) is 0. The Hall–Kier alpha value is -0.880. The largest absolute Gasteiger partial charge is 0.405 e. The molecule has 0 spiro atoms. The van der Waals surface area contributed by atoms with Gasteiger partial charge in [-0.2, -0.15) is 13.2 Å². The van der Waals surface area contributed by atoms with Crippen LogP contribution in [0.1, 0.15) is 6.92 Å². The van der Waals surface area contributed by atoms with Crippen molar-refractivity contribution in [3.63, 3.8) is 0 Å². The Balaban J connectivity index is 0.00000288. The van der Waals surface area contributed by atoms with E-state index >= 15 is 0 Å². The van der Waals surface area contributed by atoms with Gasteiger partial charge in [0.05, 0.1) is 6.33 Å². The molecule has 1 aliphatic rings. The second-order valence-corrected chi connectivity index (χ2v) is 6.95. The van der Waals surface area contributed by atoms with Gasteiger partial charge in [-0.15, -0.1) is 12.4 Å². The van der Waals surface area contributed by atoms with E-state index in [2.05, 4.69) is 10.3 Å². The van der Waals surface area contributed by atoms with Crippen molar-refractivity contribution in [1.82, 2.24) is 24.5 Å². The molecule has 24 heavy (non-hydrogen) atoms. The van der Waals surface area contributed by atoms with Crippen LogP contribution in [0.4, 0.5) is 13.2 Å². The summed E-state index contributed by atoms with van der Waals surface area (Å²) in [5.41, 5.74) is 0. The van der Waals surface area contributed by atoms with Crippen molar-refractivity contribution in [1.29, 1.82) is 0 Å². The van der Waals surface area contributed by atoms with Crippen LogP contribution in [-0.2, 0) is 16.6 Å². The zero-order chi connectivity index (χ0) is 17.1. The summed E-state index contributed by atoms with van der Waals surface area (Å²) >= 11 is 0. The fourth-order valence-corrected chi connectivity index (χ4v) is 3.34. The molecule has 2 N–H and O–H groups in total. The molecule has 0 amide bonds. The number of piperazine rings is 1. The molecule has 0 bridgehead atoms. The van der Waals surface area contributed by atoms with E-state index in [9.17, 15) is 21.6 Å². The van der Waals surface area contributed by atoms with Gasteiger partial charge >= 0.3 is 6.18 Å². The van der Waals surface area contributed by atoms with Crippen molar-refractivity contribution < 1.29 is 21.6 Å². The van der Waals surface area contributed by atoms with Crippen molar-refractivity contribution in [3.8, 4) is 0 Å². The first-order valence-corrected chi connectivity index (χ1v) is 8.75. The number of hydrogen-bond acceptors (Lipinski definition) is 5. The molecule has 1 aliphatic heterocycles. The van der Waals surface area contributed by atoms with Crippen LogP contribution in [0.2, 0.25) is 0 Å². The van der Waals surface area contributed by atoms with E-state index in [1.54, 1.807) is 6.92 Å². The standard InChI is InChI=1S/C12H20F3N5O2S.ClH/c1-2-19-8-11(17-9-19)23(21,22)18-7-10(12(13,14)15)20-5-3-16-4-6-20;/h8-10,16,18H,2-7H2,1H3;1H. The van der Waals surface area contributed by atoms with Crippen molar-refractivity contribution in [2.75, 3.05) is 32.7 Å². The Morgan fingerprint density at radius 3 is 2.50 bits per heavy atom. The second-order valence-electron chi connectivity index (χ2n) is 5.24. The normalized spacial score (nSPS) is 18.2. The Kier molecular flexibility index (Phi) is 7.47. The first kappa shape index (κ1) is 21.2. The first-order valence-electron chi connectivity index (χ1n) is 7.27. The fraction of sp³-hybridized carbons (Fsp3) is 0.750. The van der Waals surface area contributed by atoms with Gasteiger partial charge in [0.15, 0.2) is 5.03 Å². The predicted molar refractivity (Wildman–Crippen MR) is 84.6 cm³/mol. The molecule has 0 aromatic carbocycles. The van der Waals surface area contributed by atoms with E-state index in [0.717, 1.165) is 0 Å². The molecule has 2 heterocycles. The third kappa shape index (κ3) is 5.31. The van der Waals surface area contributed by atoms with Gasteiger partial charge < -0.3 is 9.88 Å². The summed E-state index contributed by atoms with van der Waals surface area (Å²) in [4.78, 5) is 4.96. The van der Waals surface area contributed by atoms with Crippen molar-refractivity contribution in [3.05, 3.63) is 12.5 Å². The Bertz CT molecular complexity index is 616. The summed E-state index contributed by atoms with van der Waals surface area (Å²) in [6.07, 6.45) is -1.90. The van der Waals surface area contributed by atoms with Crippen LogP contribution in [0.25, 0.3) is 0 Å². The molecule has 1 aromatic heterocycles. The summed E-state index contributed by atoms with van der Waals surface area (Å²) in [5, 5.41) is 2.69. The maximum Gasteiger partial charge on any atom is 0.405 e. The van der Waals surface area contributed by atoms with E-state index in [-0.39, 0.29) is 30.5 Å². The molecule has 0 aliphatic carbocycles. The zero-order valence-corrected chi connectivity index (χ0v) is 14.7. The minimum Gasteiger partial charge on any atom is -0.336 e. The van der Waals surface area contributed by atoms with Gasteiger partial charge in [-0.25, -0.2) is 18.1 Å². The number of alkyl halides is 3. The molecule has 140 valence electrons. The van der Waals surface area contributed by atoms with Gasteiger partial charge in [0, 0.05) is 45.5 Å². The van der Waals surface area contributed by atoms with Crippen LogP contribution in [0.5, 0.6) is 0 Å². The molecular formula is C12H21ClF3N5O2S. The van der Waals surface area contributed by atoms with Crippen molar-refractivity contribution in [2.45, 2.75) is 30.7 Å². The molecule has 0 radical (unpaired) electrons. The highest BCUT2D eigenvalue weighted by molar-refractivity contribution is 7.89. The molecular weight excluding hydrogens is 371 g/mol. The maximum atomic E-state index is 13.2. The quantitative estimate of drug-likeness (QED) is 0.735. The third-order valence-electron chi connectivity index (χ3n) is 3.69. The molecule has 1 atom stereocenters. The van der Waals surface area contributed by atoms with E-state index in [0.29, 0.717) is 19.6 Å². The van der Waals surface area contributed by atoms with Crippen molar-refractivity contribution >= 4 is 22.4 Å². The number of hydrogen-bond donors (Lipinski definition) is 2. The van der Waals surface area contributed by atoms with Crippen LogP contribution >= 0.6 is 12.4 Å². The van der Waals surface area contributed by atoms with Crippen LogP contribution in [0.3, 0.4) is 0 Å². The lowest BCUT2D eigenvalue weighted by Crippen LogP contribution is -2.57. The zero-order valence-electron chi connectivity index (χ0n) is 13.1. The monoisotopic (exact) mass is 391 g/mol. The maximum absolute atomic E-state index is 13.2. The molecule has 1 fully saturated rings. The number of nitrogens with one attached hydrogen (secondary N) is 2. The summed E-state index contributed by atoms with van der Waals surface area (Å²) in [7, 11) is -4.07. The molecule has 1 saturated heterocycles.